The van der Waals surface area contributed by atoms with Gasteiger partial charge >= 0.3 is 0 Å². The lowest BCUT2D eigenvalue weighted by Gasteiger charge is -2.36. The Hall–Kier alpha value is -2.04. The van der Waals surface area contributed by atoms with Crippen molar-refractivity contribution in [3.63, 3.8) is 0 Å². The van der Waals surface area contributed by atoms with E-state index in [0.717, 1.165) is 24.3 Å². The number of aromatic nitrogens is 2. The molecule has 1 fully saturated rings. The second-order valence-corrected chi connectivity index (χ2v) is 5.50. The van der Waals surface area contributed by atoms with Gasteiger partial charge in [-0.1, -0.05) is 37.5 Å². The third-order valence-electron chi connectivity index (χ3n) is 4.02. The Morgan fingerprint density at radius 2 is 1.81 bits per heavy atom. The van der Waals surface area contributed by atoms with Crippen LogP contribution in [0.5, 0.6) is 0 Å². The summed E-state index contributed by atoms with van der Waals surface area (Å²) in [6, 6.07) is 10.7. The average molecular weight is 278 g/mol. The SMILES string of the molecule is [B]c1cnc(N)nc1N(c1ccccc1)C1CCCCC1. The van der Waals surface area contributed by atoms with Crippen LogP contribution >= 0.6 is 0 Å². The molecule has 0 saturated heterocycles. The highest BCUT2D eigenvalue weighted by molar-refractivity contribution is 6.35. The molecule has 0 amide bonds. The Kier molecular flexibility index (Phi) is 4.09. The van der Waals surface area contributed by atoms with Crippen molar-refractivity contribution in [1.82, 2.24) is 9.97 Å². The van der Waals surface area contributed by atoms with E-state index < -0.39 is 0 Å². The number of anilines is 3. The molecular formula is C16H19BN4. The van der Waals surface area contributed by atoms with Gasteiger partial charge in [-0.25, -0.2) is 4.98 Å². The van der Waals surface area contributed by atoms with Crippen molar-refractivity contribution < 1.29 is 0 Å². The largest absolute Gasteiger partial charge is 0.368 e. The van der Waals surface area contributed by atoms with Crippen molar-refractivity contribution in [1.29, 1.82) is 0 Å². The number of nitrogens with zero attached hydrogens (tertiary/aromatic N) is 3. The minimum absolute atomic E-state index is 0.260. The number of nitrogens with two attached hydrogens (primary N) is 1. The number of nitrogen functional groups attached to an aromatic ring is 1. The Morgan fingerprint density at radius 3 is 2.52 bits per heavy atom. The second kappa shape index (κ2) is 6.16. The Balaban J connectivity index is 2.05. The fourth-order valence-corrected chi connectivity index (χ4v) is 3.02. The van der Waals surface area contributed by atoms with Gasteiger partial charge in [0.25, 0.3) is 0 Å². The summed E-state index contributed by atoms with van der Waals surface area (Å²) < 4.78 is 0. The van der Waals surface area contributed by atoms with Gasteiger partial charge in [0.2, 0.25) is 5.95 Å². The van der Waals surface area contributed by atoms with E-state index in [2.05, 4.69) is 27.0 Å². The maximum atomic E-state index is 6.11. The van der Waals surface area contributed by atoms with E-state index in [1.807, 2.05) is 18.2 Å². The maximum Gasteiger partial charge on any atom is 0.221 e. The van der Waals surface area contributed by atoms with Crippen LogP contribution in [0.25, 0.3) is 0 Å². The lowest BCUT2D eigenvalue weighted by atomic mass is 9.91. The molecular weight excluding hydrogens is 259 g/mol. The van der Waals surface area contributed by atoms with Crippen LogP contribution in [-0.4, -0.2) is 23.9 Å². The van der Waals surface area contributed by atoms with Gasteiger partial charge in [-0.2, -0.15) is 4.98 Å². The summed E-state index contributed by atoms with van der Waals surface area (Å²) in [6.07, 6.45) is 7.69. The van der Waals surface area contributed by atoms with Crippen molar-refractivity contribution in [3.8, 4) is 0 Å². The fraction of sp³-hybridized carbons (Fsp3) is 0.375. The zero-order valence-electron chi connectivity index (χ0n) is 12.1. The first-order valence-electron chi connectivity index (χ1n) is 7.48. The van der Waals surface area contributed by atoms with E-state index in [0.29, 0.717) is 11.5 Å². The zero-order chi connectivity index (χ0) is 14.7. The van der Waals surface area contributed by atoms with Crippen molar-refractivity contribution >= 4 is 30.8 Å². The summed E-state index contributed by atoms with van der Waals surface area (Å²) >= 11 is 0. The second-order valence-electron chi connectivity index (χ2n) is 5.50. The number of benzene rings is 1. The van der Waals surface area contributed by atoms with E-state index in [4.69, 9.17) is 13.6 Å². The monoisotopic (exact) mass is 278 g/mol. The molecule has 3 rings (SSSR count). The average Bonchev–Trinajstić information content (AvgIpc) is 2.53. The highest BCUT2D eigenvalue weighted by Gasteiger charge is 2.25. The summed E-state index contributed by atoms with van der Waals surface area (Å²) in [4.78, 5) is 10.6. The minimum atomic E-state index is 0.260. The van der Waals surface area contributed by atoms with Gasteiger partial charge in [0.1, 0.15) is 13.7 Å². The van der Waals surface area contributed by atoms with Crippen molar-refractivity contribution in [3.05, 3.63) is 36.5 Å². The highest BCUT2D eigenvalue weighted by atomic mass is 15.2. The molecule has 2 N–H and O–H groups in total. The molecule has 4 nitrogen and oxygen atoms in total. The van der Waals surface area contributed by atoms with Gasteiger partial charge in [-0.05, 0) is 30.4 Å². The van der Waals surface area contributed by atoms with Gasteiger partial charge in [-0.3, -0.25) is 0 Å². The molecule has 2 radical (unpaired) electrons. The number of hydrogen-bond donors (Lipinski definition) is 1. The van der Waals surface area contributed by atoms with Crippen molar-refractivity contribution in [2.24, 2.45) is 0 Å². The molecule has 2 aromatic rings. The van der Waals surface area contributed by atoms with E-state index >= 15 is 0 Å². The predicted molar refractivity (Wildman–Crippen MR) is 87.3 cm³/mol. The zero-order valence-corrected chi connectivity index (χ0v) is 12.1. The first-order valence-corrected chi connectivity index (χ1v) is 7.48. The van der Waals surface area contributed by atoms with Crippen molar-refractivity contribution in [2.45, 2.75) is 38.1 Å². The third kappa shape index (κ3) is 3.02. The Bertz CT molecular complexity index is 596. The summed E-state index contributed by atoms with van der Waals surface area (Å²) in [5.74, 6) is 0.983. The Labute approximate surface area is 126 Å². The third-order valence-corrected chi connectivity index (χ3v) is 4.02. The Morgan fingerprint density at radius 1 is 1.10 bits per heavy atom. The lowest BCUT2D eigenvalue weighted by molar-refractivity contribution is 0.435. The van der Waals surface area contributed by atoms with Gasteiger partial charge in [0.15, 0.2) is 0 Å². The first-order chi connectivity index (χ1) is 10.3. The molecule has 1 aromatic carbocycles. The normalized spacial score (nSPS) is 15.8. The number of hydrogen-bond acceptors (Lipinski definition) is 4. The quantitative estimate of drug-likeness (QED) is 0.875. The fourth-order valence-electron chi connectivity index (χ4n) is 3.02. The molecule has 21 heavy (non-hydrogen) atoms. The van der Waals surface area contributed by atoms with Gasteiger partial charge in [-0.15, -0.1) is 0 Å². The number of para-hydroxylation sites is 1. The summed E-state index contributed by atoms with van der Waals surface area (Å²) in [5, 5.41) is 0. The van der Waals surface area contributed by atoms with Crippen molar-refractivity contribution in [2.75, 3.05) is 10.6 Å². The highest BCUT2D eigenvalue weighted by Crippen LogP contribution is 2.32. The minimum Gasteiger partial charge on any atom is -0.368 e. The first kappa shape index (κ1) is 13.9. The maximum absolute atomic E-state index is 6.11. The molecule has 0 bridgehead atoms. The summed E-state index contributed by atoms with van der Waals surface area (Å²) in [6.45, 7) is 0. The van der Waals surface area contributed by atoms with Crippen LogP contribution < -0.4 is 16.1 Å². The molecule has 5 heteroatoms. The molecule has 1 aromatic heterocycles. The van der Waals surface area contributed by atoms with Crippen LogP contribution in [0.15, 0.2) is 36.5 Å². The molecule has 1 aliphatic rings. The van der Waals surface area contributed by atoms with Gasteiger partial charge < -0.3 is 10.6 Å². The molecule has 1 aliphatic carbocycles. The summed E-state index contributed by atoms with van der Waals surface area (Å²) in [5.41, 5.74) is 7.44. The van der Waals surface area contributed by atoms with Crippen LogP contribution in [-0.2, 0) is 0 Å². The molecule has 106 valence electrons. The topological polar surface area (TPSA) is 55.0 Å². The lowest BCUT2D eigenvalue weighted by Crippen LogP contribution is -2.37. The van der Waals surface area contributed by atoms with Crippen LogP contribution in [0.1, 0.15) is 32.1 Å². The van der Waals surface area contributed by atoms with Crippen LogP contribution in [0, 0.1) is 0 Å². The standard InChI is InChI=1S/C16H19BN4/c17-14-11-19-16(18)20-15(14)21(12-7-3-1-4-8-12)13-9-5-2-6-10-13/h1,3-4,7-8,11,13H,2,5-6,9-10H2,(H2,18,19,20). The molecule has 0 spiro atoms. The van der Waals surface area contributed by atoms with E-state index in [-0.39, 0.29) is 5.95 Å². The molecule has 0 aliphatic heterocycles. The molecule has 0 unspecified atom stereocenters. The summed E-state index contributed by atoms with van der Waals surface area (Å²) in [7, 11) is 6.11. The van der Waals surface area contributed by atoms with E-state index in [9.17, 15) is 0 Å². The molecule has 1 heterocycles. The number of rotatable bonds is 3. The van der Waals surface area contributed by atoms with Crippen LogP contribution in [0.4, 0.5) is 17.5 Å². The van der Waals surface area contributed by atoms with E-state index in [1.54, 1.807) is 6.20 Å². The molecule has 0 atom stereocenters. The molecule has 1 saturated carbocycles. The van der Waals surface area contributed by atoms with Crippen LogP contribution in [0.3, 0.4) is 0 Å². The smallest absolute Gasteiger partial charge is 0.221 e. The van der Waals surface area contributed by atoms with E-state index in [1.165, 1.54) is 19.3 Å². The van der Waals surface area contributed by atoms with Gasteiger partial charge in [0, 0.05) is 17.9 Å². The van der Waals surface area contributed by atoms with Crippen LogP contribution in [0.2, 0.25) is 0 Å². The van der Waals surface area contributed by atoms with Gasteiger partial charge in [0.05, 0.1) is 0 Å². The predicted octanol–water partition coefficient (Wildman–Crippen LogP) is 2.32.